The number of esters is 1. The van der Waals surface area contributed by atoms with Gasteiger partial charge in [-0.15, -0.1) is 0 Å². The maximum atomic E-state index is 12.1. The van der Waals surface area contributed by atoms with Crippen LogP contribution in [-0.2, 0) is 20.9 Å². The number of rotatable bonds is 10. The van der Waals surface area contributed by atoms with Crippen molar-refractivity contribution in [3.8, 4) is 33.8 Å². The highest BCUT2D eigenvalue weighted by atomic mass is 16.6. The molecule has 220 valence electrons. The van der Waals surface area contributed by atoms with Gasteiger partial charge in [-0.05, 0) is 107 Å². The van der Waals surface area contributed by atoms with Crippen LogP contribution in [0, 0.1) is 20.8 Å². The van der Waals surface area contributed by atoms with Crippen LogP contribution in [0.25, 0.3) is 27.8 Å². The number of carboxylic acids is 1. The molecule has 0 atom stereocenters. The predicted octanol–water partition coefficient (Wildman–Crippen LogP) is 8.08. The van der Waals surface area contributed by atoms with Crippen LogP contribution in [0.5, 0.6) is 11.5 Å². The summed E-state index contributed by atoms with van der Waals surface area (Å²) in [5, 5.41) is 9.88. The minimum absolute atomic E-state index is 0.215. The fourth-order valence-electron chi connectivity index (χ4n) is 5.94. The van der Waals surface area contributed by atoms with Crippen molar-refractivity contribution in [2.24, 2.45) is 0 Å². The van der Waals surface area contributed by atoms with E-state index in [-0.39, 0.29) is 12.6 Å². The van der Waals surface area contributed by atoms with E-state index in [1.165, 1.54) is 6.92 Å². The standard InChI is InChI=1S/C37H36O6/c1-6-29(37(39)40)36-32-12-8-7-11-31(32)34-20-27(14-15-33(34)36)43-21-26-10-9-13-30(24(26)4)35-22(2)18-28(19-23(35)3)42-17-16-41-25(5)38/h7-15,18-20H,6,16-17,21H2,1-5H3,(H,39,40)/b36-29-. The molecule has 0 spiro atoms. The molecule has 0 unspecified atom stereocenters. The molecule has 4 aromatic carbocycles. The minimum Gasteiger partial charge on any atom is -0.490 e. The van der Waals surface area contributed by atoms with E-state index in [1.54, 1.807) is 0 Å². The molecule has 43 heavy (non-hydrogen) atoms. The number of hydrogen-bond donors (Lipinski definition) is 1. The van der Waals surface area contributed by atoms with E-state index in [0.29, 0.717) is 25.2 Å². The first-order chi connectivity index (χ1) is 20.7. The fourth-order valence-corrected chi connectivity index (χ4v) is 5.94. The lowest BCUT2D eigenvalue weighted by atomic mass is 9.90. The van der Waals surface area contributed by atoms with E-state index in [4.69, 9.17) is 14.2 Å². The molecule has 0 aliphatic heterocycles. The highest BCUT2D eigenvalue weighted by molar-refractivity contribution is 6.09. The van der Waals surface area contributed by atoms with E-state index >= 15 is 0 Å². The zero-order chi connectivity index (χ0) is 30.7. The summed E-state index contributed by atoms with van der Waals surface area (Å²) >= 11 is 0. The molecule has 0 aromatic heterocycles. The number of carbonyl (C=O) groups is 2. The summed E-state index contributed by atoms with van der Waals surface area (Å²) < 4.78 is 17.1. The molecular formula is C37H36O6. The third-order valence-electron chi connectivity index (χ3n) is 7.93. The maximum absolute atomic E-state index is 12.1. The van der Waals surface area contributed by atoms with Gasteiger partial charge in [0.15, 0.2) is 0 Å². The number of aliphatic carboxylic acids is 1. The molecule has 0 saturated carbocycles. The Morgan fingerprint density at radius 3 is 2.07 bits per heavy atom. The highest BCUT2D eigenvalue weighted by Gasteiger charge is 2.28. The Hall–Kier alpha value is -4.84. The van der Waals surface area contributed by atoms with Crippen molar-refractivity contribution in [3.05, 3.63) is 112 Å². The van der Waals surface area contributed by atoms with Crippen LogP contribution in [0.1, 0.15) is 53.6 Å². The van der Waals surface area contributed by atoms with E-state index < -0.39 is 5.97 Å². The van der Waals surface area contributed by atoms with Gasteiger partial charge in [-0.25, -0.2) is 4.79 Å². The number of carboxylic acid groups (broad SMARTS) is 1. The summed E-state index contributed by atoms with van der Waals surface area (Å²) in [5.41, 5.74) is 11.8. The van der Waals surface area contributed by atoms with Crippen LogP contribution in [0.3, 0.4) is 0 Å². The van der Waals surface area contributed by atoms with Crippen molar-refractivity contribution in [2.75, 3.05) is 13.2 Å². The van der Waals surface area contributed by atoms with E-state index in [2.05, 4.69) is 39.0 Å². The average molecular weight is 577 g/mol. The van der Waals surface area contributed by atoms with Gasteiger partial charge in [-0.3, -0.25) is 4.79 Å². The highest BCUT2D eigenvalue weighted by Crippen LogP contribution is 2.47. The largest absolute Gasteiger partial charge is 0.490 e. The lowest BCUT2D eigenvalue weighted by Crippen LogP contribution is -2.09. The van der Waals surface area contributed by atoms with Gasteiger partial charge in [0.05, 0.1) is 0 Å². The van der Waals surface area contributed by atoms with Crippen molar-refractivity contribution >= 4 is 17.5 Å². The third-order valence-corrected chi connectivity index (χ3v) is 7.93. The molecule has 0 saturated heterocycles. The molecule has 1 N–H and O–H groups in total. The molecule has 4 aromatic rings. The Labute approximate surface area is 252 Å². The van der Waals surface area contributed by atoms with Crippen LogP contribution < -0.4 is 9.47 Å². The number of hydrogen-bond acceptors (Lipinski definition) is 5. The van der Waals surface area contributed by atoms with Gasteiger partial charge in [0, 0.05) is 18.1 Å². The quantitative estimate of drug-likeness (QED) is 0.103. The number of aryl methyl sites for hydroxylation is 2. The molecule has 0 bridgehead atoms. The number of benzene rings is 4. The van der Waals surface area contributed by atoms with Gasteiger partial charge >= 0.3 is 11.9 Å². The third kappa shape index (κ3) is 6.05. The van der Waals surface area contributed by atoms with Crippen molar-refractivity contribution in [3.63, 3.8) is 0 Å². The molecule has 6 nitrogen and oxygen atoms in total. The summed E-state index contributed by atoms with van der Waals surface area (Å²) in [6.07, 6.45) is 0.442. The van der Waals surface area contributed by atoms with Crippen LogP contribution in [-0.4, -0.2) is 30.3 Å². The van der Waals surface area contributed by atoms with Crippen molar-refractivity contribution < 1.29 is 28.9 Å². The molecular weight excluding hydrogens is 540 g/mol. The molecule has 6 heteroatoms. The Kier molecular flexibility index (Phi) is 8.67. The van der Waals surface area contributed by atoms with Crippen molar-refractivity contribution in [1.29, 1.82) is 0 Å². The van der Waals surface area contributed by atoms with Gasteiger partial charge < -0.3 is 19.3 Å². The molecule has 0 amide bonds. The minimum atomic E-state index is -0.886. The van der Waals surface area contributed by atoms with Crippen molar-refractivity contribution in [1.82, 2.24) is 0 Å². The van der Waals surface area contributed by atoms with Crippen LogP contribution in [0.4, 0.5) is 0 Å². The zero-order valence-electron chi connectivity index (χ0n) is 25.2. The van der Waals surface area contributed by atoms with Gasteiger partial charge in [0.25, 0.3) is 0 Å². The van der Waals surface area contributed by atoms with Crippen molar-refractivity contribution in [2.45, 2.75) is 47.6 Å². The topological polar surface area (TPSA) is 82.1 Å². The number of carbonyl (C=O) groups excluding carboxylic acids is 1. The Morgan fingerprint density at radius 2 is 1.40 bits per heavy atom. The lowest BCUT2D eigenvalue weighted by molar-refractivity contribution is -0.141. The summed E-state index contributed by atoms with van der Waals surface area (Å²) in [6.45, 7) is 10.4. The number of fused-ring (bicyclic) bond motifs is 3. The monoisotopic (exact) mass is 576 g/mol. The Balaban J connectivity index is 1.39. The molecule has 1 aliphatic carbocycles. The Morgan fingerprint density at radius 1 is 0.721 bits per heavy atom. The van der Waals surface area contributed by atoms with Crippen LogP contribution in [0.2, 0.25) is 0 Å². The van der Waals surface area contributed by atoms with Crippen LogP contribution in [0.15, 0.2) is 78.4 Å². The van der Waals surface area contributed by atoms with E-state index in [1.807, 2.05) is 61.5 Å². The van der Waals surface area contributed by atoms with E-state index in [9.17, 15) is 14.7 Å². The molecule has 5 rings (SSSR count). The molecule has 1 aliphatic rings. The molecule has 0 heterocycles. The van der Waals surface area contributed by atoms with Gasteiger partial charge in [0.2, 0.25) is 0 Å². The smallest absolute Gasteiger partial charge is 0.332 e. The maximum Gasteiger partial charge on any atom is 0.332 e. The second-order valence-corrected chi connectivity index (χ2v) is 10.8. The second kappa shape index (κ2) is 12.6. The summed E-state index contributed by atoms with van der Waals surface area (Å²) in [5.74, 6) is 0.270. The summed E-state index contributed by atoms with van der Waals surface area (Å²) in [4.78, 5) is 23.1. The first-order valence-corrected chi connectivity index (χ1v) is 14.5. The summed E-state index contributed by atoms with van der Waals surface area (Å²) in [7, 11) is 0. The van der Waals surface area contributed by atoms with E-state index in [0.717, 1.165) is 72.7 Å². The first-order valence-electron chi connectivity index (χ1n) is 14.5. The Bertz CT molecular complexity index is 1720. The first kappa shape index (κ1) is 29.6. The fraction of sp³-hybridized carbons (Fsp3) is 0.243. The zero-order valence-corrected chi connectivity index (χ0v) is 25.2. The molecule has 0 fully saturated rings. The number of ether oxygens (including phenoxy) is 3. The average Bonchev–Trinajstić information content (AvgIpc) is 3.29. The van der Waals surface area contributed by atoms with Gasteiger partial charge in [0.1, 0.15) is 31.3 Å². The molecule has 0 radical (unpaired) electrons. The van der Waals surface area contributed by atoms with Gasteiger partial charge in [-0.1, -0.05) is 55.5 Å². The second-order valence-electron chi connectivity index (χ2n) is 10.8. The lowest BCUT2D eigenvalue weighted by Gasteiger charge is -2.18. The SMILES string of the molecule is CC/C(C(=O)O)=C1\c2ccccc2-c2cc(OCc3cccc(-c4c(C)cc(OCCOC(C)=O)cc4C)c3C)ccc21. The normalized spacial score (nSPS) is 12.8. The predicted molar refractivity (Wildman–Crippen MR) is 168 cm³/mol. The van der Waals surface area contributed by atoms with Crippen LogP contribution >= 0.6 is 0 Å². The summed E-state index contributed by atoms with van der Waals surface area (Å²) in [6, 6.07) is 24.2. The van der Waals surface area contributed by atoms with Gasteiger partial charge in [-0.2, -0.15) is 0 Å².